The molecule has 1 aliphatic carbocycles. The van der Waals surface area contributed by atoms with Crippen molar-refractivity contribution in [1.82, 2.24) is 20.9 Å². The summed E-state index contributed by atoms with van der Waals surface area (Å²) in [6, 6.07) is 0. The Morgan fingerprint density at radius 1 is 1.00 bits per heavy atom. The molecule has 2 fully saturated rings. The van der Waals surface area contributed by atoms with Gasteiger partial charge in [-0.25, -0.2) is 0 Å². The van der Waals surface area contributed by atoms with Gasteiger partial charge in [0.2, 0.25) is 11.8 Å². The third-order valence-corrected chi connectivity index (χ3v) is 5.15. The first-order chi connectivity index (χ1) is 13.1. The van der Waals surface area contributed by atoms with Crippen molar-refractivity contribution in [3.8, 4) is 0 Å². The zero-order valence-electron chi connectivity index (χ0n) is 16.6. The van der Waals surface area contributed by atoms with Gasteiger partial charge in [0.05, 0.1) is 0 Å². The fourth-order valence-corrected chi connectivity index (χ4v) is 3.28. The third-order valence-electron chi connectivity index (χ3n) is 5.15. The first kappa shape index (κ1) is 21.5. The summed E-state index contributed by atoms with van der Waals surface area (Å²) in [5.41, 5.74) is 5.37. The molecule has 0 spiro atoms. The Kier molecular flexibility index (Phi) is 9.38. The van der Waals surface area contributed by atoms with Gasteiger partial charge in [-0.3, -0.25) is 14.6 Å². The van der Waals surface area contributed by atoms with Crippen LogP contribution < -0.4 is 21.7 Å². The van der Waals surface area contributed by atoms with Gasteiger partial charge in [-0.2, -0.15) is 0 Å². The highest BCUT2D eigenvalue weighted by molar-refractivity contribution is 5.81. The van der Waals surface area contributed by atoms with E-state index in [0.717, 1.165) is 77.2 Å². The van der Waals surface area contributed by atoms with Crippen LogP contribution in [0.4, 0.5) is 0 Å². The van der Waals surface area contributed by atoms with E-state index in [2.05, 4.69) is 25.8 Å². The molecule has 27 heavy (non-hydrogen) atoms. The van der Waals surface area contributed by atoms with Crippen LogP contribution in [0.5, 0.6) is 0 Å². The summed E-state index contributed by atoms with van der Waals surface area (Å²) in [6.45, 7) is 7.93. The summed E-state index contributed by atoms with van der Waals surface area (Å²) < 4.78 is 0. The molecule has 5 N–H and O–H groups in total. The number of carbonyl (C=O) groups excluding carboxylic acids is 2. The molecule has 0 atom stereocenters. The second-order valence-electron chi connectivity index (χ2n) is 7.48. The van der Waals surface area contributed by atoms with Gasteiger partial charge in [-0.05, 0) is 65.1 Å². The molecule has 1 heterocycles. The number of piperidine rings is 1. The molecular formula is C19H36N6O2. The Morgan fingerprint density at radius 2 is 1.70 bits per heavy atom. The van der Waals surface area contributed by atoms with Gasteiger partial charge in [0.15, 0.2) is 5.96 Å². The lowest BCUT2D eigenvalue weighted by atomic mass is 9.96. The highest BCUT2D eigenvalue weighted by Gasteiger charge is 2.29. The minimum absolute atomic E-state index is 0.0636. The molecule has 0 bridgehead atoms. The molecule has 0 aromatic heterocycles. The number of primary amides is 1. The van der Waals surface area contributed by atoms with Crippen molar-refractivity contribution in [1.29, 1.82) is 0 Å². The average Bonchev–Trinajstić information content (AvgIpc) is 3.50. The average molecular weight is 381 g/mol. The van der Waals surface area contributed by atoms with Gasteiger partial charge < -0.3 is 26.6 Å². The second kappa shape index (κ2) is 11.8. The predicted molar refractivity (Wildman–Crippen MR) is 107 cm³/mol. The molecule has 1 saturated carbocycles. The van der Waals surface area contributed by atoms with E-state index >= 15 is 0 Å². The minimum atomic E-state index is -0.153. The van der Waals surface area contributed by atoms with E-state index in [1.54, 1.807) is 0 Å². The number of aliphatic imine (C=N–C) groups is 1. The zero-order valence-corrected chi connectivity index (χ0v) is 16.6. The molecular weight excluding hydrogens is 344 g/mol. The Morgan fingerprint density at radius 3 is 2.33 bits per heavy atom. The summed E-state index contributed by atoms with van der Waals surface area (Å²) in [5, 5.41) is 9.44. The monoisotopic (exact) mass is 380 g/mol. The number of amides is 2. The molecule has 8 heteroatoms. The number of nitrogens with one attached hydrogen (secondary N) is 3. The molecule has 1 aliphatic heterocycles. The number of hydrogen-bond acceptors (Lipinski definition) is 4. The predicted octanol–water partition coefficient (Wildman–Crippen LogP) is 0.0452. The lowest BCUT2D eigenvalue weighted by Gasteiger charge is -2.30. The molecule has 0 aromatic rings. The van der Waals surface area contributed by atoms with Crippen LogP contribution in [0.15, 0.2) is 4.99 Å². The van der Waals surface area contributed by atoms with Crippen molar-refractivity contribution in [3.05, 3.63) is 0 Å². The Balaban J connectivity index is 1.53. The molecule has 0 unspecified atom stereocenters. The van der Waals surface area contributed by atoms with Crippen LogP contribution in [0.2, 0.25) is 0 Å². The highest BCUT2D eigenvalue weighted by Crippen LogP contribution is 2.28. The quantitative estimate of drug-likeness (QED) is 0.230. The number of unbranched alkanes of at least 4 members (excludes halogenated alkanes) is 1. The molecule has 2 rings (SSSR count). The standard InChI is InChI=1S/C19H36N6O2/c1-2-21-19(24-11-10-22-18(27)16-5-6-16)23-9-3-4-12-25-13-7-15(8-14-25)17(20)26/h15-16H,2-14H2,1H3,(H2,20,26)(H,22,27)(H2,21,23,24). The smallest absolute Gasteiger partial charge is 0.223 e. The van der Waals surface area contributed by atoms with Gasteiger partial charge in [-0.15, -0.1) is 0 Å². The molecule has 8 nitrogen and oxygen atoms in total. The van der Waals surface area contributed by atoms with Crippen LogP contribution >= 0.6 is 0 Å². The maximum Gasteiger partial charge on any atom is 0.223 e. The van der Waals surface area contributed by atoms with Crippen LogP contribution in [0.25, 0.3) is 0 Å². The first-order valence-corrected chi connectivity index (χ1v) is 10.4. The van der Waals surface area contributed by atoms with Gasteiger partial charge in [0.1, 0.15) is 0 Å². The number of carbonyl (C=O) groups is 2. The Labute approximate surface area is 162 Å². The van der Waals surface area contributed by atoms with Crippen molar-refractivity contribution in [2.45, 2.75) is 45.4 Å². The number of likely N-dealkylation sites (tertiary alicyclic amines) is 1. The van der Waals surface area contributed by atoms with Crippen LogP contribution in [0.1, 0.15) is 45.4 Å². The van der Waals surface area contributed by atoms with Crippen LogP contribution in [0, 0.1) is 11.8 Å². The lowest BCUT2D eigenvalue weighted by Crippen LogP contribution is -2.41. The van der Waals surface area contributed by atoms with Crippen LogP contribution in [-0.2, 0) is 9.59 Å². The summed E-state index contributed by atoms with van der Waals surface area (Å²) in [5.74, 6) is 1.15. The normalized spacial score (nSPS) is 18.9. The van der Waals surface area contributed by atoms with Crippen LogP contribution in [-0.4, -0.2) is 68.5 Å². The van der Waals surface area contributed by atoms with Crippen molar-refractivity contribution in [3.63, 3.8) is 0 Å². The van der Waals surface area contributed by atoms with Gasteiger partial charge in [-0.1, -0.05) is 0 Å². The number of nitrogens with zero attached hydrogens (tertiary/aromatic N) is 2. The summed E-state index contributed by atoms with van der Waals surface area (Å²) in [6.07, 6.45) is 5.98. The van der Waals surface area contributed by atoms with E-state index in [9.17, 15) is 9.59 Å². The largest absolute Gasteiger partial charge is 0.369 e. The number of nitrogens with two attached hydrogens (primary N) is 1. The van der Waals surface area contributed by atoms with Crippen molar-refractivity contribution >= 4 is 17.8 Å². The fraction of sp³-hybridized carbons (Fsp3) is 0.842. The van der Waals surface area contributed by atoms with Gasteiger partial charge >= 0.3 is 0 Å². The summed E-state index contributed by atoms with van der Waals surface area (Å²) in [4.78, 5) is 29.8. The van der Waals surface area contributed by atoms with Crippen LogP contribution in [0.3, 0.4) is 0 Å². The topological polar surface area (TPSA) is 112 Å². The Bertz CT molecular complexity index is 498. The minimum Gasteiger partial charge on any atom is -0.369 e. The van der Waals surface area contributed by atoms with E-state index in [1.807, 2.05) is 6.92 Å². The molecule has 2 aliphatic rings. The molecule has 0 radical (unpaired) electrons. The van der Waals surface area contributed by atoms with Crippen molar-refractivity contribution < 1.29 is 9.59 Å². The third kappa shape index (κ3) is 8.60. The van der Waals surface area contributed by atoms with E-state index in [1.165, 1.54) is 0 Å². The Hall–Kier alpha value is -1.83. The number of guanidine groups is 1. The van der Waals surface area contributed by atoms with E-state index in [4.69, 9.17) is 5.73 Å². The fourth-order valence-electron chi connectivity index (χ4n) is 3.28. The maximum atomic E-state index is 11.6. The van der Waals surface area contributed by atoms with Crippen molar-refractivity contribution in [2.75, 3.05) is 45.8 Å². The van der Waals surface area contributed by atoms with Gasteiger partial charge in [0, 0.05) is 38.0 Å². The zero-order chi connectivity index (χ0) is 19.5. The van der Waals surface area contributed by atoms with Gasteiger partial charge in [0.25, 0.3) is 0 Å². The number of hydrogen-bond donors (Lipinski definition) is 4. The molecule has 0 aromatic carbocycles. The highest BCUT2D eigenvalue weighted by atomic mass is 16.2. The van der Waals surface area contributed by atoms with E-state index in [0.29, 0.717) is 13.1 Å². The second-order valence-corrected chi connectivity index (χ2v) is 7.48. The summed E-state index contributed by atoms with van der Waals surface area (Å²) >= 11 is 0. The molecule has 2 amide bonds. The van der Waals surface area contributed by atoms with E-state index in [-0.39, 0.29) is 23.7 Å². The number of rotatable bonds is 11. The van der Waals surface area contributed by atoms with E-state index < -0.39 is 0 Å². The summed E-state index contributed by atoms with van der Waals surface area (Å²) in [7, 11) is 0. The molecule has 154 valence electrons. The first-order valence-electron chi connectivity index (χ1n) is 10.4. The van der Waals surface area contributed by atoms with Crippen molar-refractivity contribution in [2.24, 2.45) is 22.6 Å². The lowest BCUT2D eigenvalue weighted by molar-refractivity contribution is -0.123. The maximum absolute atomic E-state index is 11.6. The molecule has 1 saturated heterocycles. The SMILES string of the molecule is CCNC(=NCCCCN1CCC(C(N)=O)CC1)NCCNC(=O)C1CC1.